The van der Waals surface area contributed by atoms with Crippen LogP contribution in [0.25, 0.3) is 0 Å². The maximum Gasteiger partial charge on any atom is 0.138 e. The molecule has 2 rings (SSSR count). The van der Waals surface area contributed by atoms with E-state index in [1.165, 1.54) is 6.42 Å². The number of halogens is 1. The number of hydrogen-bond donors (Lipinski definition) is 0. The Morgan fingerprint density at radius 2 is 2.25 bits per heavy atom. The Morgan fingerprint density at radius 3 is 2.81 bits per heavy atom. The average molecular weight is 242 g/mol. The van der Waals surface area contributed by atoms with Crippen molar-refractivity contribution in [3.05, 3.63) is 12.2 Å². The summed E-state index contributed by atoms with van der Waals surface area (Å²) in [7, 11) is 0. The predicted octanol–water partition coefficient (Wildman–Crippen LogP) is 3.06. The van der Waals surface area contributed by atoms with Crippen molar-refractivity contribution in [3.8, 4) is 0 Å². The van der Waals surface area contributed by atoms with E-state index in [4.69, 9.17) is 11.6 Å². The molecule has 0 saturated heterocycles. The molecule has 90 valence electrons. The van der Waals surface area contributed by atoms with Crippen molar-refractivity contribution in [3.63, 3.8) is 0 Å². The van der Waals surface area contributed by atoms with Gasteiger partial charge >= 0.3 is 0 Å². The van der Waals surface area contributed by atoms with Crippen LogP contribution in [0.5, 0.6) is 0 Å². The molecule has 16 heavy (non-hydrogen) atoms. The molecule has 0 aromatic carbocycles. The Labute approximate surface area is 102 Å². The molecule has 0 N–H and O–H groups in total. The van der Waals surface area contributed by atoms with Gasteiger partial charge in [-0.05, 0) is 38.5 Å². The van der Waals surface area contributed by atoms with Crippen LogP contribution in [0, 0.1) is 11.8 Å². The quantitative estimate of drug-likeness (QED) is 0.762. The van der Waals surface area contributed by atoms with E-state index in [9.17, 15) is 0 Å². The minimum absolute atomic E-state index is 0.348. The largest absolute Gasteiger partial charge is 0.248 e. The van der Waals surface area contributed by atoms with Gasteiger partial charge in [0.25, 0.3) is 0 Å². The van der Waals surface area contributed by atoms with E-state index in [2.05, 4.69) is 30.9 Å². The molecule has 0 radical (unpaired) electrons. The first kappa shape index (κ1) is 11.9. The molecule has 0 spiro atoms. The minimum Gasteiger partial charge on any atom is -0.248 e. The lowest BCUT2D eigenvalue weighted by Gasteiger charge is -2.17. The van der Waals surface area contributed by atoms with Gasteiger partial charge in [0.1, 0.15) is 12.2 Å². The van der Waals surface area contributed by atoms with Crippen LogP contribution in [-0.4, -0.2) is 20.1 Å². The van der Waals surface area contributed by atoms with E-state index in [1.807, 2.05) is 4.68 Å². The lowest BCUT2D eigenvalue weighted by atomic mass is 9.94. The van der Waals surface area contributed by atoms with Gasteiger partial charge in [-0.1, -0.05) is 6.92 Å². The highest BCUT2D eigenvalue weighted by molar-refractivity contribution is 6.20. The summed E-state index contributed by atoms with van der Waals surface area (Å²) in [6.07, 6.45) is 5.04. The maximum atomic E-state index is 6.26. The number of hydrogen-bond acceptors (Lipinski definition) is 2. The number of alkyl halides is 1. The van der Waals surface area contributed by atoms with Crippen molar-refractivity contribution in [2.24, 2.45) is 11.8 Å². The summed E-state index contributed by atoms with van der Waals surface area (Å²) in [5, 5.41) is 4.62. The van der Waals surface area contributed by atoms with E-state index < -0.39 is 0 Å². The molecule has 1 aromatic rings. The molecule has 1 aliphatic carbocycles. The van der Waals surface area contributed by atoms with Gasteiger partial charge in [0.2, 0.25) is 0 Å². The zero-order valence-corrected chi connectivity index (χ0v) is 11.0. The second-order valence-electron chi connectivity index (χ2n) is 5.13. The van der Waals surface area contributed by atoms with Crippen LogP contribution in [0.1, 0.15) is 45.5 Å². The predicted molar refractivity (Wildman–Crippen MR) is 65.6 cm³/mol. The van der Waals surface area contributed by atoms with E-state index in [-0.39, 0.29) is 0 Å². The van der Waals surface area contributed by atoms with E-state index in [0.29, 0.717) is 23.3 Å². The standard InChI is InChI=1S/C12H20ClN3/c1-8(2)16-12(14-7-15-16)6-10-4-5-11(13)9(10)3/h7-11H,4-6H2,1-3H3. The van der Waals surface area contributed by atoms with Crippen molar-refractivity contribution in [2.75, 3.05) is 0 Å². The highest BCUT2D eigenvalue weighted by atomic mass is 35.5. The van der Waals surface area contributed by atoms with Gasteiger partial charge in [-0.2, -0.15) is 5.10 Å². The SMILES string of the molecule is CC1C(Cl)CCC1Cc1ncnn1C(C)C. The fraction of sp³-hybridized carbons (Fsp3) is 0.833. The first-order chi connectivity index (χ1) is 7.59. The Kier molecular flexibility index (Phi) is 3.53. The molecular formula is C12H20ClN3. The van der Waals surface area contributed by atoms with Crippen LogP contribution >= 0.6 is 11.6 Å². The lowest BCUT2D eigenvalue weighted by Crippen LogP contribution is -2.17. The summed E-state index contributed by atoms with van der Waals surface area (Å²) in [6, 6.07) is 0.390. The molecule has 0 amide bonds. The van der Waals surface area contributed by atoms with Crippen LogP contribution in [0.4, 0.5) is 0 Å². The molecule has 1 fully saturated rings. The van der Waals surface area contributed by atoms with Crippen molar-refractivity contribution in [1.29, 1.82) is 0 Å². The monoisotopic (exact) mass is 241 g/mol. The van der Waals surface area contributed by atoms with Gasteiger partial charge in [0, 0.05) is 17.8 Å². The summed E-state index contributed by atoms with van der Waals surface area (Å²) in [4.78, 5) is 4.37. The highest BCUT2D eigenvalue weighted by Gasteiger charge is 2.32. The third-order valence-electron chi connectivity index (χ3n) is 3.71. The van der Waals surface area contributed by atoms with Gasteiger partial charge in [-0.15, -0.1) is 11.6 Å². The second kappa shape index (κ2) is 4.74. The van der Waals surface area contributed by atoms with Gasteiger partial charge in [-0.3, -0.25) is 0 Å². The van der Waals surface area contributed by atoms with E-state index >= 15 is 0 Å². The molecule has 1 saturated carbocycles. The Balaban J connectivity index is 2.06. The third-order valence-corrected chi connectivity index (χ3v) is 4.32. The first-order valence-corrected chi connectivity index (χ1v) is 6.55. The maximum absolute atomic E-state index is 6.26. The van der Waals surface area contributed by atoms with Crippen LogP contribution < -0.4 is 0 Å². The van der Waals surface area contributed by atoms with Gasteiger partial charge < -0.3 is 0 Å². The third kappa shape index (κ3) is 2.24. The summed E-state index contributed by atoms with van der Waals surface area (Å²) in [5.41, 5.74) is 0. The van der Waals surface area contributed by atoms with Crippen LogP contribution in [-0.2, 0) is 6.42 Å². The molecule has 1 aliphatic rings. The Hall–Kier alpha value is -0.570. The number of rotatable bonds is 3. The molecule has 1 heterocycles. The summed E-state index contributed by atoms with van der Waals surface area (Å²) in [6.45, 7) is 6.53. The smallest absolute Gasteiger partial charge is 0.138 e. The van der Waals surface area contributed by atoms with Crippen molar-refractivity contribution in [1.82, 2.24) is 14.8 Å². The molecule has 4 heteroatoms. The highest BCUT2D eigenvalue weighted by Crippen LogP contribution is 2.37. The van der Waals surface area contributed by atoms with Crippen molar-refractivity contribution in [2.45, 2.75) is 51.5 Å². The number of aromatic nitrogens is 3. The fourth-order valence-corrected chi connectivity index (χ4v) is 2.90. The lowest BCUT2D eigenvalue weighted by molar-refractivity contribution is 0.392. The van der Waals surface area contributed by atoms with Crippen LogP contribution in [0.2, 0.25) is 0 Å². The fourth-order valence-electron chi connectivity index (χ4n) is 2.57. The topological polar surface area (TPSA) is 30.7 Å². The zero-order valence-electron chi connectivity index (χ0n) is 10.2. The summed E-state index contributed by atoms with van der Waals surface area (Å²) >= 11 is 6.26. The average Bonchev–Trinajstić information content (AvgIpc) is 2.80. The minimum atomic E-state index is 0.348. The first-order valence-electron chi connectivity index (χ1n) is 6.12. The molecule has 1 aromatic heterocycles. The Morgan fingerprint density at radius 1 is 1.50 bits per heavy atom. The number of nitrogens with zero attached hydrogens (tertiary/aromatic N) is 3. The summed E-state index contributed by atoms with van der Waals surface area (Å²) < 4.78 is 2.02. The zero-order chi connectivity index (χ0) is 11.7. The molecular weight excluding hydrogens is 222 g/mol. The summed E-state index contributed by atoms with van der Waals surface area (Å²) in [5.74, 6) is 2.38. The van der Waals surface area contributed by atoms with E-state index in [0.717, 1.165) is 18.7 Å². The van der Waals surface area contributed by atoms with Crippen molar-refractivity contribution < 1.29 is 0 Å². The second-order valence-corrected chi connectivity index (χ2v) is 5.69. The normalized spacial score (nSPS) is 30.2. The van der Waals surface area contributed by atoms with Gasteiger partial charge in [0.15, 0.2) is 0 Å². The Bertz CT molecular complexity index is 348. The van der Waals surface area contributed by atoms with Crippen LogP contribution in [0.3, 0.4) is 0 Å². The molecule has 3 atom stereocenters. The van der Waals surface area contributed by atoms with Gasteiger partial charge in [-0.25, -0.2) is 9.67 Å². The van der Waals surface area contributed by atoms with Gasteiger partial charge in [0.05, 0.1) is 0 Å². The molecule has 0 bridgehead atoms. The molecule has 3 nitrogen and oxygen atoms in total. The van der Waals surface area contributed by atoms with Crippen molar-refractivity contribution >= 4 is 11.6 Å². The molecule has 0 aliphatic heterocycles. The molecule has 3 unspecified atom stereocenters. The van der Waals surface area contributed by atoms with Crippen LogP contribution in [0.15, 0.2) is 6.33 Å². The van der Waals surface area contributed by atoms with E-state index in [1.54, 1.807) is 6.33 Å².